The van der Waals surface area contributed by atoms with Crippen LogP contribution >= 0.6 is 7.75 Å². The molecule has 1 unspecified atom stereocenters. The van der Waals surface area contributed by atoms with Gasteiger partial charge in [0.2, 0.25) is 0 Å². The summed E-state index contributed by atoms with van der Waals surface area (Å²) in [5.74, 6) is -0.881. The zero-order valence-corrected chi connectivity index (χ0v) is 21.3. The second-order valence-electron chi connectivity index (χ2n) is 8.82. The minimum Gasteiger partial charge on any atom is -0.462 e. The van der Waals surface area contributed by atoms with Gasteiger partial charge in [0.05, 0.1) is 12.7 Å². The van der Waals surface area contributed by atoms with Gasteiger partial charge in [-0.25, -0.2) is 8.96 Å². The monoisotopic (exact) mass is 527 g/mol. The summed E-state index contributed by atoms with van der Waals surface area (Å²) in [5, 5.41) is 15.6. The van der Waals surface area contributed by atoms with Crippen molar-refractivity contribution in [2.45, 2.75) is 63.9 Å². The van der Waals surface area contributed by atoms with Crippen LogP contribution in [0.15, 0.2) is 55.0 Å². The Morgan fingerprint density at radius 1 is 1.36 bits per heavy atom. The van der Waals surface area contributed by atoms with E-state index < -0.39 is 62.5 Å². The van der Waals surface area contributed by atoms with Crippen LogP contribution in [0.4, 0.5) is 4.39 Å². The minimum absolute atomic E-state index is 0.0578. The molecule has 1 aromatic rings. The van der Waals surface area contributed by atoms with Crippen molar-refractivity contribution in [3.05, 3.63) is 55.0 Å². The topological polar surface area (TPSA) is 136 Å². The standard InChI is InChI=1S/C23H31FN3O8P/c1-14(2)33-21(30)15(3)26-36(31,35-17-9-7-6-8-10-17)32-13-18-20(29)23(5,24)22(34-18)27-12-11-19(28)25-16(27)4/h6-12,14-15,18,20,22,29H,4,13H2,1-3,5H3,(H,25,28)(H,26,31)/t15-,18+,20?,22+,23-,36-/m0/s1. The molecule has 1 fully saturated rings. The van der Waals surface area contributed by atoms with Crippen molar-refractivity contribution in [1.82, 2.24) is 15.3 Å². The predicted molar refractivity (Wildman–Crippen MR) is 127 cm³/mol. The van der Waals surface area contributed by atoms with Gasteiger partial charge in [0.15, 0.2) is 11.9 Å². The van der Waals surface area contributed by atoms with Crippen LogP contribution in [0.1, 0.15) is 27.7 Å². The second kappa shape index (κ2) is 11.1. The van der Waals surface area contributed by atoms with Gasteiger partial charge in [0.1, 0.15) is 29.8 Å². The number of carbonyl (C=O) groups is 2. The third kappa shape index (κ3) is 6.51. The van der Waals surface area contributed by atoms with Gasteiger partial charge in [0.25, 0.3) is 5.91 Å². The van der Waals surface area contributed by atoms with Crippen LogP contribution in [0.2, 0.25) is 0 Å². The van der Waals surface area contributed by atoms with Gasteiger partial charge in [-0.3, -0.25) is 14.1 Å². The quantitative estimate of drug-likeness (QED) is 0.307. The van der Waals surface area contributed by atoms with E-state index >= 15 is 4.39 Å². The van der Waals surface area contributed by atoms with Crippen molar-refractivity contribution >= 4 is 19.6 Å². The number of aliphatic hydroxyl groups is 1. The summed E-state index contributed by atoms with van der Waals surface area (Å²) in [4.78, 5) is 25.0. The number of nitrogens with one attached hydrogen (secondary N) is 2. The van der Waals surface area contributed by atoms with E-state index in [0.29, 0.717) is 0 Å². The molecule has 1 aromatic carbocycles. The van der Waals surface area contributed by atoms with E-state index in [-0.39, 0.29) is 11.6 Å². The second-order valence-corrected chi connectivity index (χ2v) is 10.5. The third-order valence-corrected chi connectivity index (χ3v) is 7.01. The molecule has 198 valence electrons. The zero-order valence-electron chi connectivity index (χ0n) is 20.4. The number of ether oxygens (including phenoxy) is 2. The number of esters is 1. The number of alkyl halides is 1. The van der Waals surface area contributed by atoms with E-state index in [2.05, 4.69) is 17.0 Å². The molecule has 1 saturated heterocycles. The molecule has 13 heteroatoms. The molecular formula is C23H31FN3O8P. The number of hydrogen-bond acceptors (Lipinski definition) is 9. The van der Waals surface area contributed by atoms with Crippen molar-refractivity contribution in [2.24, 2.45) is 0 Å². The number of benzene rings is 1. The summed E-state index contributed by atoms with van der Waals surface area (Å²) in [5.41, 5.74) is -2.32. The molecule has 2 aliphatic heterocycles. The van der Waals surface area contributed by atoms with Gasteiger partial charge < -0.3 is 29.3 Å². The lowest BCUT2D eigenvalue weighted by molar-refractivity contribution is -0.149. The molecule has 0 aliphatic carbocycles. The normalized spacial score (nSPS) is 28.5. The molecule has 3 rings (SSSR count). The van der Waals surface area contributed by atoms with Crippen LogP contribution < -0.4 is 14.9 Å². The third-order valence-electron chi connectivity index (χ3n) is 5.37. The molecule has 0 radical (unpaired) electrons. The highest BCUT2D eigenvalue weighted by Crippen LogP contribution is 2.46. The van der Waals surface area contributed by atoms with Gasteiger partial charge >= 0.3 is 13.7 Å². The summed E-state index contributed by atoms with van der Waals surface area (Å²) in [6.07, 6.45) is -2.30. The Bertz CT molecular complexity index is 1050. The van der Waals surface area contributed by atoms with E-state index in [1.807, 2.05) is 0 Å². The van der Waals surface area contributed by atoms with Crippen LogP contribution in [0.5, 0.6) is 5.75 Å². The van der Waals surface area contributed by atoms with Crippen LogP contribution in [0.25, 0.3) is 0 Å². The van der Waals surface area contributed by atoms with E-state index in [1.54, 1.807) is 32.0 Å². The van der Waals surface area contributed by atoms with Crippen molar-refractivity contribution in [3.8, 4) is 5.75 Å². The lowest BCUT2D eigenvalue weighted by Crippen LogP contribution is -2.51. The maximum absolute atomic E-state index is 15.5. The molecule has 3 N–H and O–H groups in total. The molecule has 2 heterocycles. The highest BCUT2D eigenvalue weighted by Gasteiger charge is 2.57. The zero-order chi connectivity index (χ0) is 26.7. The Morgan fingerprint density at radius 2 is 2.03 bits per heavy atom. The largest absolute Gasteiger partial charge is 0.462 e. The first-order chi connectivity index (χ1) is 16.8. The Labute approximate surface area is 208 Å². The highest BCUT2D eigenvalue weighted by atomic mass is 31.2. The molecule has 0 aromatic heterocycles. The number of carbonyl (C=O) groups excluding carboxylic acids is 2. The fourth-order valence-corrected chi connectivity index (χ4v) is 5.06. The van der Waals surface area contributed by atoms with E-state index in [0.717, 1.165) is 13.0 Å². The number of nitrogens with zero attached hydrogens (tertiary/aromatic N) is 1. The molecule has 36 heavy (non-hydrogen) atoms. The number of rotatable bonds is 10. The summed E-state index contributed by atoms with van der Waals surface area (Å²) in [7, 11) is -4.25. The van der Waals surface area contributed by atoms with Gasteiger partial charge in [-0.2, -0.15) is 5.09 Å². The Morgan fingerprint density at radius 3 is 2.64 bits per heavy atom. The minimum atomic E-state index is -4.25. The Hall–Kier alpha value is -2.76. The number of halogens is 1. The van der Waals surface area contributed by atoms with Crippen LogP contribution in [0, 0.1) is 0 Å². The van der Waals surface area contributed by atoms with Crippen LogP contribution in [-0.4, -0.2) is 64.7 Å². The van der Waals surface area contributed by atoms with Gasteiger partial charge in [-0.05, 0) is 39.8 Å². The fourth-order valence-electron chi connectivity index (χ4n) is 3.56. The summed E-state index contributed by atoms with van der Waals surface area (Å²) in [6, 6.07) is 7.01. The van der Waals surface area contributed by atoms with Crippen molar-refractivity contribution in [2.75, 3.05) is 6.61 Å². The van der Waals surface area contributed by atoms with E-state index in [1.165, 1.54) is 30.2 Å². The lowest BCUT2D eigenvalue weighted by Gasteiger charge is -2.35. The van der Waals surface area contributed by atoms with E-state index in [9.17, 15) is 19.3 Å². The van der Waals surface area contributed by atoms with Crippen LogP contribution in [0.3, 0.4) is 0 Å². The summed E-state index contributed by atoms with van der Waals surface area (Å²) < 4.78 is 51.0. The average molecular weight is 527 g/mol. The first-order valence-corrected chi connectivity index (χ1v) is 12.8. The summed E-state index contributed by atoms with van der Waals surface area (Å²) in [6.45, 7) is 9.00. The maximum Gasteiger partial charge on any atom is 0.459 e. The molecule has 6 atom stereocenters. The lowest BCUT2D eigenvalue weighted by atomic mass is 9.98. The SMILES string of the molecule is C=C1NC(=O)C=CN1[C@@H]1O[C@H](CO[P@@](=O)(N[C@@H](C)C(=O)OC(C)C)Oc2ccccc2)C(O)[C@]1(C)F. The molecule has 0 bridgehead atoms. The van der Waals surface area contributed by atoms with Gasteiger partial charge in [-0.15, -0.1) is 0 Å². The molecule has 1 amide bonds. The van der Waals surface area contributed by atoms with Crippen molar-refractivity contribution in [3.63, 3.8) is 0 Å². The number of para-hydroxylation sites is 1. The van der Waals surface area contributed by atoms with Gasteiger partial charge in [0, 0.05) is 12.3 Å². The molecule has 0 saturated carbocycles. The van der Waals surface area contributed by atoms with Crippen LogP contribution in [-0.2, 0) is 28.2 Å². The highest BCUT2D eigenvalue weighted by molar-refractivity contribution is 7.52. The number of amides is 1. The predicted octanol–water partition coefficient (Wildman–Crippen LogP) is 2.35. The summed E-state index contributed by atoms with van der Waals surface area (Å²) >= 11 is 0. The molecule has 11 nitrogen and oxygen atoms in total. The average Bonchev–Trinajstić information content (AvgIpc) is 3.01. The van der Waals surface area contributed by atoms with Crippen molar-refractivity contribution < 1.29 is 42.2 Å². The fraction of sp³-hybridized carbons (Fsp3) is 0.478. The smallest absolute Gasteiger partial charge is 0.459 e. The Kier molecular flexibility index (Phi) is 8.58. The first-order valence-electron chi connectivity index (χ1n) is 11.3. The number of hydrogen-bond donors (Lipinski definition) is 3. The van der Waals surface area contributed by atoms with E-state index in [4.69, 9.17) is 18.5 Å². The maximum atomic E-state index is 15.5. The number of aliphatic hydroxyl groups excluding tert-OH is 1. The molecule has 0 spiro atoms. The first kappa shape index (κ1) is 27.8. The van der Waals surface area contributed by atoms with Crippen molar-refractivity contribution in [1.29, 1.82) is 0 Å². The molecule has 2 aliphatic rings. The van der Waals surface area contributed by atoms with Gasteiger partial charge in [-0.1, -0.05) is 24.8 Å². The molecular weight excluding hydrogens is 496 g/mol. The Balaban J connectivity index is 1.76.